The molecule has 0 saturated heterocycles. The number of unbranched alkanes of at least 4 members (excludes halogenated alkanes) is 2. The van der Waals surface area contributed by atoms with E-state index in [1.165, 1.54) is 16.8 Å². The monoisotopic (exact) mass is 202 g/mol. The van der Waals surface area contributed by atoms with Crippen LogP contribution in [0.25, 0.3) is 0 Å². The number of anilines is 1. The van der Waals surface area contributed by atoms with Gasteiger partial charge >= 0.3 is 0 Å². The molecular formula is C13H18N2. The Morgan fingerprint density at radius 3 is 2.80 bits per heavy atom. The summed E-state index contributed by atoms with van der Waals surface area (Å²) >= 11 is 0. The van der Waals surface area contributed by atoms with Gasteiger partial charge in [0.15, 0.2) is 0 Å². The Labute approximate surface area is 91.9 Å². The van der Waals surface area contributed by atoms with E-state index in [0.717, 1.165) is 19.4 Å². The van der Waals surface area contributed by atoms with Gasteiger partial charge < -0.3 is 5.32 Å². The standard InChI is InChI=1S/C13H18N2/c1-11-7-6-8-13(12(11)2)15-10-5-3-4-9-14/h6-8,15H,3-5,10H2,1-2H3. The minimum Gasteiger partial charge on any atom is -0.385 e. The van der Waals surface area contributed by atoms with E-state index in [9.17, 15) is 0 Å². The summed E-state index contributed by atoms with van der Waals surface area (Å²) in [5.74, 6) is 0. The molecular weight excluding hydrogens is 184 g/mol. The summed E-state index contributed by atoms with van der Waals surface area (Å²) in [5.41, 5.74) is 3.85. The third-order valence-corrected chi connectivity index (χ3v) is 2.64. The van der Waals surface area contributed by atoms with Gasteiger partial charge in [-0.15, -0.1) is 0 Å². The number of nitriles is 1. The van der Waals surface area contributed by atoms with E-state index in [-0.39, 0.29) is 0 Å². The Balaban J connectivity index is 2.38. The first kappa shape index (κ1) is 11.6. The third-order valence-electron chi connectivity index (χ3n) is 2.64. The maximum atomic E-state index is 8.39. The highest BCUT2D eigenvalue weighted by atomic mass is 14.9. The molecule has 1 aromatic rings. The molecule has 0 amide bonds. The summed E-state index contributed by atoms with van der Waals surface area (Å²) in [5, 5.41) is 11.8. The van der Waals surface area contributed by atoms with Gasteiger partial charge in [0.1, 0.15) is 0 Å². The van der Waals surface area contributed by atoms with Crippen LogP contribution in [0.4, 0.5) is 5.69 Å². The van der Waals surface area contributed by atoms with Crippen LogP contribution in [0.15, 0.2) is 18.2 Å². The average molecular weight is 202 g/mol. The van der Waals surface area contributed by atoms with Gasteiger partial charge in [0, 0.05) is 18.7 Å². The first-order chi connectivity index (χ1) is 7.25. The lowest BCUT2D eigenvalue weighted by atomic mass is 10.1. The molecule has 1 N–H and O–H groups in total. The molecule has 2 nitrogen and oxygen atoms in total. The molecule has 0 aliphatic carbocycles. The smallest absolute Gasteiger partial charge is 0.0621 e. The number of nitrogens with zero attached hydrogens (tertiary/aromatic N) is 1. The first-order valence-corrected chi connectivity index (χ1v) is 5.42. The van der Waals surface area contributed by atoms with Crippen LogP contribution >= 0.6 is 0 Å². The number of nitrogens with one attached hydrogen (secondary N) is 1. The zero-order chi connectivity index (χ0) is 11.1. The van der Waals surface area contributed by atoms with Crippen molar-refractivity contribution < 1.29 is 0 Å². The highest BCUT2D eigenvalue weighted by molar-refractivity contribution is 5.53. The van der Waals surface area contributed by atoms with Crippen molar-refractivity contribution in [2.45, 2.75) is 33.1 Å². The van der Waals surface area contributed by atoms with E-state index < -0.39 is 0 Å². The second-order valence-corrected chi connectivity index (χ2v) is 3.79. The molecule has 0 heterocycles. The zero-order valence-corrected chi connectivity index (χ0v) is 9.51. The minimum atomic E-state index is 0.661. The second kappa shape index (κ2) is 6.08. The van der Waals surface area contributed by atoms with E-state index >= 15 is 0 Å². The van der Waals surface area contributed by atoms with Crippen molar-refractivity contribution in [3.8, 4) is 6.07 Å². The highest BCUT2D eigenvalue weighted by Crippen LogP contribution is 2.17. The molecule has 0 aromatic heterocycles. The van der Waals surface area contributed by atoms with Crippen LogP contribution in [0.3, 0.4) is 0 Å². The van der Waals surface area contributed by atoms with E-state index in [1.807, 2.05) is 0 Å². The molecule has 0 aliphatic rings. The molecule has 0 bridgehead atoms. The molecule has 0 fully saturated rings. The van der Waals surface area contributed by atoms with Crippen LogP contribution in [0.2, 0.25) is 0 Å². The molecule has 0 aliphatic heterocycles. The van der Waals surface area contributed by atoms with Crippen LogP contribution in [0.5, 0.6) is 0 Å². The molecule has 1 aromatic carbocycles. The number of benzene rings is 1. The van der Waals surface area contributed by atoms with Crippen LogP contribution in [-0.4, -0.2) is 6.54 Å². The number of aryl methyl sites for hydroxylation is 1. The maximum Gasteiger partial charge on any atom is 0.0621 e. The van der Waals surface area contributed by atoms with E-state index in [1.54, 1.807) is 0 Å². The number of hydrogen-bond donors (Lipinski definition) is 1. The van der Waals surface area contributed by atoms with Crippen LogP contribution in [0, 0.1) is 25.2 Å². The average Bonchev–Trinajstić information content (AvgIpc) is 2.24. The molecule has 2 heteroatoms. The summed E-state index contributed by atoms with van der Waals surface area (Å²) in [6, 6.07) is 8.45. The van der Waals surface area contributed by atoms with Crippen LogP contribution in [-0.2, 0) is 0 Å². The van der Waals surface area contributed by atoms with Crippen molar-refractivity contribution in [1.29, 1.82) is 5.26 Å². The fourth-order valence-electron chi connectivity index (χ4n) is 1.49. The van der Waals surface area contributed by atoms with Gasteiger partial charge in [0.25, 0.3) is 0 Å². The largest absolute Gasteiger partial charge is 0.385 e. The topological polar surface area (TPSA) is 35.8 Å². The minimum absolute atomic E-state index is 0.661. The van der Waals surface area contributed by atoms with Gasteiger partial charge in [-0.1, -0.05) is 12.1 Å². The van der Waals surface area contributed by atoms with Crippen molar-refractivity contribution in [3.63, 3.8) is 0 Å². The Bertz CT molecular complexity index is 350. The normalized spacial score (nSPS) is 9.67. The van der Waals surface area contributed by atoms with Crippen molar-refractivity contribution in [2.75, 3.05) is 11.9 Å². The molecule has 0 spiro atoms. The Morgan fingerprint density at radius 2 is 2.07 bits per heavy atom. The SMILES string of the molecule is Cc1cccc(NCCCCC#N)c1C. The van der Waals surface area contributed by atoms with E-state index in [4.69, 9.17) is 5.26 Å². The third kappa shape index (κ3) is 3.63. The van der Waals surface area contributed by atoms with Crippen molar-refractivity contribution in [2.24, 2.45) is 0 Å². The molecule has 0 radical (unpaired) electrons. The van der Waals surface area contributed by atoms with Gasteiger partial charge in [-0.05, 0) is 43.9 Å². The Hall–Kier alpha value is -1.49. The summed E-state index contributed by atoms with van der Waals surface area (Å²) in [6.45, 7) is 5.20. The van der Waals surface area contributed by atoms with Gasteiger partial charge in [-0.3, -0.25) is 0 Å². The van der Waals surface area contributed by atoms with Gasteiger partial charge in [0.05, 0.1) is 6.07 Å². The molecule has 15 heavy (non-hydrogen) atoms. The molecule has 0 atom stereocenters. The lowest BCUT2D eigenvalue weighted by molar-refractivity contribution is 0.784. The predicted molar refractivity (Wildman–Crippen MR) is 63.9 cm³/mol. The molecule has 0 unspecified atom stereocenters. The van der Waals surface area contributed by atoms with E-state index in [0.29, 0.717) is 6.42 Å². The zero-order valence-electron chi connectivity index (χ0n) is 9.51. The quantitative estimate of drug-likeness (QED) is 0.743. The van der Waals surface area contributed by atoms with Crippen molar-refractivity contribution in [1.82, 2.24) is 0 Å². The number of hydrogen-bond acceptors (Lipinski definition) is 2. The summed E-state index contributed by atoms with van der Waals surface area (Å²) in [6.07, 6.45) is 2.70. The number of rotatable bonds is 5. The van der Waals surface area contributed by atoms with Crippen molar-refractivity contribution >= 4 is 5.69 Å². The van der Waals surface area contributed by atoms with E-state index in [2.05, 4.69) is 43.4 Å². The molecule has 1 rings (SSSR count). The Morgan fingerprint density at radius 1 is 1.27 bits per heavy atom. The fourth-order valence-corrected chi connectivity index (χ4v) is 1.49. The van der Waals surface area contributed by atoms with Gasteiger partial charge in [0.2, 0.25) is 0 Å². The summed E-state index contributed by atoms with van der Waals surface area (Å²) < 4.78 is 0. The van der Waals surface area contributed by atoms with Gasteiger partial charge in [-0.25, -0.2) is 0 Å². The molecule has 0 saturated carbocycles. The van der Waals surface area contributed by atoms with Crippen LogP contribution in [0.1, 0.15) is 30.4 Å². The molecule has 80 valence electrons. The maximum absolute atomic E-state index is 8.39. The second-order valence-electron chi connectivity index (χ2n) is 3.79. The summed E-state index contributed by atoms with van der Waals surface area (Å²) in [7, 11) is 0. The Kier molecular flexibility index (Phi) is 4.70. The van der Waals surface area contributed by atoms with Crippen molar-refractivity contribution in [3.05, 3.63) is 29.3 Å². The predicted octanol–water partition coefficient (Wildman–Crippen LogP) is 3.41. The lowest BCUT2D eigenvalue weighted by Crippen LogP contribution is -2.03. The lowest BCUT2D eigenvalue weighted by Gasteiger charge is -2.10. The van der Waals surface area contributed by atoms with Gasteiger partial charge in [-0.2, -0.15) is 5.26 Å². The highest BCUT2D eigenvalue weighted by Gasteiger charge is 1.98. The fraction of sp³-hybridized carbons (Fsp3) is 0.462. The summed E-state index contributed by atoms with van der Waals surface area (Å²) in [4.78, 5) is 0. The van der Waals surface area contributed by atoms with Crippen LogP contribution < -0.4 is 5.32 Å². The first-order valence-electron chi connectivity index (χ1n) is 5.42.